The van der Waals surface area contributed by atoms with Gasteiger partial charge in [-0.25, -0.2) is 0 Å². The Labute approximate surface area is 152 Å². The number of benzene rings is 1. The van der Waals surface area contributed by atoms with Crippen molar-refractivity contribution in [1.82, 2.24) is 4.57 Å². The highest BCUT2D eigenvalue weighted by molar-refractivity contribution is 6.11. The van der Waals surface area contributed by atoms with Crippen molar-refractivity contribution in [3.05, 3.63) is 56.9 Å². The number of unbranched alkanes of at least 4 members (excludes halogenated alkanes) is 1. The molecular formula is C20H22N2O4. The van der Waals surface area contributed by atoms with Crippen LogP contribution in [-0.4, -0.2) is 22.1 Å². The predicted molar refractivity (Wildman–Crippen MR) is 97.8 cm³/mol. The van der Waals surface area contributed by atoms with Crippen LogP contribution in [0.4, 0.5) is 0 Å². The maximum Gasteiger partial charge on any atom is 0.271 e. The number of nitrogens with zero attached hydrogens (tertiary/aromatic N) is 2. The average molecular weight is 354 g/mol. The number of carbonyl (C=O) groups excluding carboxylic acids is 1. The zero-order valence-electron chi connectivity index (χ0n) is 15.2. The van der Waals surface area contributed by atoms with E-state index in [1.165, 1.54) is 6.92 Å². The van der Waals surface area contributed by atoms with Crippen LogP contribution >= 0.6 is 0 Å². The standard InChI is InChI=1S/C20H22N2O4/c1-4-6-11-22-19(24)16(12-21)13(3)17(20(22)25)18(23)14-7-9-15(10-8-14)26-5-2/h7-10,25H,4-6,11H2,1-3H3. The molecule has 6 heteroatoms. The van der Waals surface area contributed by atoms with E-state index in [1.807, 2.05) is 19.9 Å². The fraction of sp³-hybridized carbons (Fsp3) is 0.350. The highest BCUT2D eigenvalue weighted by atomic mass is 16.5. The van der Waals surface area contributed by atoms with E-state index in [-0.39, 0.29) is 29.1 Å². The maximum absolute atomic E-state index is 12.9. The molecule has 0 saturated heterocycles. The summed E-state index contributed by atoms with van der Waals surface area (Å²) < 4.78 is 6.47. The Balaban J connectivity index is 2.58. The van der Waals surface area contributed by atoms with Crippen molar-refractivity contribution in [2.45, 2.75) is 40.2 Å². The summed E-state index contributed by atoms with van der Waals surface area (Å²) in [7, 11) is 0. The first-order valence-electron chi connectivity index (χ1n) is 8.60. The molecule has 6 nitrogen and oxygen atoms in total. The summed E-state index contributed by atoms with van der Waals surface area (Å²) in [4.78, 5) is 25.4. The summed E-state index contributed by atoms with van der Waals surface area (Å²) >= 11 is 0. The molecule has 26 heavy (non-hydrogen) atoms. The molecule has 0 fully saturated rings. The molecule has 2 rings (SSSR count). The number of aromatic hydroxyl groups is 1. The van der Waals surface area contributed by atoms with Crippen LogP contribution in [-0.2, 0) is 6.54 Å². The minimum atomic E-state index is -0.570. The summed E-state index contributed by atoms with van der Waals surface area (Å²) in [6.07, 6.45) is 1.46. The lowest BCUT2D eigenvalue weighted by atomic mass is 9.97. The van der Waals surface area contributed by atoms with Crippen molar-refractivity contribution in [3.63, 3.8) is 0 Å². The smallest absolute Gasteiger partial charge is 0.271 e. The van der Waals surface area contributed by atoms with Crippen molar-refractivity contribution in [2.24, 2.45) is 0 Å². The Morgan fingerprint density at radius 2 is 1.92 bits per heavy atom. The third kappa shape index (κ3) is 3.62. The third-order valence-corrected chi connectivity index (χ3v) is 4.19. The molecule has 1 N–H and O–H groups in total. The molecule has 1 aromatic heterocycles. The number of hydrogen-bond acceptors (Lipinski definition) is 5. The first kappa shape index (κ1) is 19.3. The molecule has 0 saturated carbocycles. The van der Waals surface area contributed by atoms with Gasteiger partial charge in [-0.15, -0.1) is 0 Å². The minimum Gasteiger partial charge on any atom is -0.494 e. The second-order valence-electron chi connectivity index (χ2n) is 5.91. The third-order valence-electron chi connectivity index (χ3n) is 4.19. The van der Waals surface area contributed by atoms with Crippen LogP contribution in [0.2, 0.25) is 0 Å². The first-order valence-corrected chi connectivity index (χ1v) is 8.60. The van der Waals surface area contributed by atoms with Crippen LogP contribution in [0.1, 0.15) is 53.7 Å². The van der Waals surface area contributed by atoms with E-state index < -0.39 is 11.3 Å². The summed E-state index contributed by atoms with van der Waals surface area (Å²) in [5, 5.41) is 19.9. The van der Waals surface area contributed by atoms with Gasteiger partial charge in [-0.2, -0.15) is 5.26 Å². The highest BCUT2D eigenvalue weighted by Crippen LogP contribution is 2.26. The maximum atomic E-state index is 12.9. The summed E-state index contributed by atoms with van der Waals surface area (Å²) in [6.45, 7) is 6.09. The molecule has 0 aliphatic heterocycles. The molecule has 0 bridgehead atoms. The second kappa shape index (κ2) is 8.34. The van der Waals surface area contributed by atoms with Gasteiger partial charge in [-0.05, 0) is 50.1 Å². The van der Waals surface area contributed by atoms with Gasteiger partial charge in [0.25, 0.3) is 5.56 Å². The minimum absolute atomic E-state index is 0.0126. The fourth-order valence-electron chi connectivity index (χ4n) is 2.76. The monoisotopic (exact) mass is 354 g/mol. The number of hydrogen-bond donors (Lipinski definition) is 1. The highest BCUT2D eigenvalue weighted by Gasteiger charge is 2.24. The Kier molecular flexibility index (Phi) is 6.18. The van der Waals surface area contributed by atoms with Crippen molar-refractivity contribution >= 4 is 5.78 Å². The van der Waals surface area contributed by atoms with Crippen molar-refractivity contribution in [3.8, 4) is 17.7 Å². The summed E-state index contributed by atoms with van der Waals surface area (Å²) in [5.74, 6) is -0.195. The first-order chi connectivity index (χ1) is 12.5. The van der Waals surface area contributed by atoms with Gasteiger partial charge in [-0.1, -0.05) is 13.3 Å². The van der Waals surface area contributed by atoms with E-state index in [1.54, 1.807) is 24.3 Å². The van der Waals surface area contributed by atoms with E-state index in [9.17, 15) is 20.0 Å². The largest absolute Gasteiger partial charge is 0.494 e. The Morgan fingerprint density at radius 3 is 2.46 bits per heavy atom. The molecule has 1 heterocycles. The van der Waals surface area contributed by atoms with E-state index in [0.29, 0.717) is 24.3 Å². The molecule has 0 radical (unpaired) electrons. The van der Waals surface area contributed by atoms with E-state index in [2.05, 4.69) is 0 Å². The van der Waals surface area contributed by atoms with Crippen LogP contribution in [0.5, 0.6) is 11.6 Å². The van der Waals surface area contributed by atoms with Gasteiger partial charge in [0.05, 0.1) is 12.2 Å². The van der Waals surface area contributed by atoms with E-state index >= 15 is 0 Å². The van der Waals surface area contributed by atoms with Crippen LogP contribution in [0.15, 0.2) is 29.1 Å². The Hall–Kier alpha value is -3.07. The molecule has 0 unspecified atom stereocenters. The van der Waals surface area contributed by atoms with Crippen molar-refractivity contribution < 1.29 is 14.6 Å². The molecule has 2 aromatic rings. The number of carbonyl (C=O) groups is 1. The number of rotatable bonds is 7. The van der Waals surface area contributed by atoms with E-state index in [0.717, 1.165) is 11.0 Å². The molecule has 136 valence electrons. The lowest BCUT2D eigenvalue weighted by Crippen LogP contribution is -2.26. The second-order valence-corrected chi connectivity index (χ2v) is 5.91. The molecule has 0 atom stereocenters. The molecule has 0 aliphatic rings. The van der Waals surface area contributed by atoms with Gasteiger partial charge in [0.2, 0.25) is 5.88 Å². The molecular weight excluding hydrogens is 332 g/mol. The molecule has 0 aliphatic carbocycles. The zero-order chi connectivity index (χ0) is 19.3. The van der Waals surface area contributed by atoms with Crippen LogP contribution in [0.3, 0.4) is 0 Å². The number of ketones is 1. The number of pyridine rings is 1. The average Bonchev–Trinajstić information content (AvgIpc) is 2.63. The Morgan fingerprint density at radius 1 is 1.27 bits per heavy atom. The predicted octanol–water partition coefficient (Wildman–Crippen LogP) is 3.16. The number of nitriles is 1. The van der Waals surface area contributed by atoms with Crippen molar-refractivity contribution in [1.29, 1.82) is 5.26 Å². The lowest BCUT2D eigenvalue weighted by molar-refractivity contribution is 0.103. The Bertz CT molecular complexity index is 905. The van der Waals surface area contributed by atoms with Crippen LogP contribution < -0.4 is 10.3 Å². The molecule has 1 aromatic carbocycles. The van der Waals surface area contributed by atoms with Gasteiger partial charge in [0.1, 0.15) is 17.4 Å². The van der Waals surface area contributed by atoms with Crippen LogP contribution in [0.25, 0.3) is 0 Å². The normalized spacial score (nSPS) is 10.4. The molecule has 0 spiro atoms. The SMILES string of the molecule is CCCCn1c(O)c(C(=O)c2ccc(OCC)cc2)c(C)c(C#N)c1=O. The zero-order valence-corrected chi connectivity index (χ0v) is 15.2. The van der Waals surface area contributed by atoms with Gasteiger partial charge in [0, 0.05) is 12.1 Å². The van der Waals surface area contributed by atoms with E-state index in [4.69, 9.17) is 4.74 Å². The van der Waals surface area contributed by atoms with Gasteiger partial charge < -0.3 is 9.84 Å². The van der Waals surface area contributed by atoms with Crippen LogP contribution in [0, 0.1) is 18.3 Å². The molecule has 0 amide bonds. The van der Waals surface area contributed by atoms with Crippen molar-refractivity contribution in [2.75, 3.05) is 6.61 Å². The topological polar surface area (TPSA) is 92.3 Å². The van der Waals surface area contributed by atoms with Gasteiger partial charge >= 0.3 is 0 Å². The van der Waals surface area contributed by atoms with Gasteiger partial charge in [0.15, 0.2) is 5.78 Å². The van der Waals surface area contributed by atoms with Gasteiger partial charge in [-0.3, -0.25) is 14.2 Å². The summed E-state index contributed by atoms with van der Waals surface area (Å²) in [6, 6.07) is 8.39. The fourth-order valence-corrected chi connectivity index (χ4v) is 2.76. The summed E-state index contributed by atoms with van der Waals surface area (Å²) in [5.41, 5.74) is -0.160. The quantitative estimate of drug-likeness (QED) is 0.771. The number of ether oxygens (including phenoxy) is 1. The number of aromatic nitrogens is 1. The lowest BCUT2D eigenvalue weighted by Gasteiger charge is -2.15.